The molecule has 1 aromatic rings. The number of nitrogens with zero attached hydrogens (tertiary/aromatic N) is 2. The second kappa shape index (κ2) is 5.11. The Balaban J connectivity index is 1.85. The molecule has 21 heavy (non-hydrogen) atoms. The molecule has 2 saturated heterocycles. The molecule has 2 aliphatic rings. The molecule has 1 spiro atoms. The van der Waals surface area contributed by atoms with E-state index < -0.39 is 5.41 Å². The second-order valence-corrected chi connectivity index (χ2v) is 6.47. The number of thiazole rings is 1. The molecule has 5 nitrogen and oxygen atoms in total. The highest BCUT2D eigenvalue weighted by atomic mass is 32.1. The molecule has 0 aromatic carbocycles. The van der Waals surface area contributed by atoms with E-state index in [0.29, 0.717) is 19.4 Å². The summed E-state index contributed by atoms with van der Waals surface area (Å²) >= 11 is 1.57. The topological polar surface area (TPSA) is 62.3 Å². The third-order valence-electron chi connectivity index (χ3n) is 4.04. The van der Waals surface area contributed by atoms with Crippen LogP contribution in [0, 0.1) is 5.41 Å². The van der Waals surface area contributed by atoms with Gasteiger partial charge in [-0.3, -0.25) is 14.9 Å². The van der Waals surface area contributed by atoms with Crippen LogP contribution in [0.2, 0.25) is 0 Å². The summed E-state index contributed by atoms with van der Waals surface area (Å²) in [5, 5.41) is 3.31. The fourth-order valence-corrected chi connectivity index (χ4v) is 3.87. The number of aromatic nitrogens is 1. The molecule has 2 amide bonds. The van der Waals surface area contributed by atoms with Crippen LogP contribution in [0.15, 0.2) is 12.7 Å². The van der Waals surface area contributed by atoms with E-state index in [4.69, 9.17) is 0 Å². The largest absolute Gasteiger partial charge is 0.347 e. The molecule has 1 aromatic heterocycles. The molecule has 110 valence electrons. The second-order valence-electron chi connectivity index (χ2n) is 5.46. The van der Waals surface area contributed by atoms with Crippen molar-refractivity contribution >= 4 is 40.4 Å². The molecule has 3 heterocycles. The van der Waals surface area contributed by atoms with Gasteiger partial charge in [0.05, 0.1) is 16.0 Å². The minimum atomic E-state index is -0.558. The first kappa shape index (κ1) is 14.0. The van der Waals surface area contributed by atoms with E-state index in [-0.39, 0.29) is 11.8 Å². The molecule has 6 heteroatoms. The molecule has 3 rings (SSSR count). The third-order valence-corrected chi connectivity index (χ3v) is 5.17. The van der Waals surface area contributed by atoms with Crippen molar-refractivity contribution in [2.75, 3.05) is 18.0 Å². The van der Waals surface area contributed by atoms with Crippen LogP contribution in [0.4, 0.5) is 5.13 Å². The smallest absolute Gasteiger partial charge is 0.235 e. The first-order chi connectivity index (χ1) is 10.1. The van der Waals surface area contributed by atoms with Crippen LogP contribution >= 0.6 is 11.3 Å². The van der Waals surface area contributed by atoms with Crippen molar-refractivity contribution in [1.29, 1.82) is 0 Å². The van der Waals surface area contributed by atoms with Crippen molar-refractivity contribution in [3.63, 3.8) is 0 Å². The molecule has 0 saturated carbocycles. The minimum Gasteiger partial charge on any atom is -0.347 e. The van der Waals surface area contributed by atoms with Crippen LogP contribution in [0.5, 0.6) is 0 Å². The molecule has 0 aliphatic carbocycles. The molecule has 1 unspecified atom stereocenters. The predicted molar refractivity (Wildman–Crippen MR) is 83.9 cm³/mol. The van der Waals surface area contributed by atoms with Gasteiger partial charge in [0, 0.05) is 19.5 Å². The summed E-state index contributed by atoms with van der Waals surface area (Å²) in [6, 6.07) is 0. The lowest BCUT2D eigenvalue weighted by Crippen LogP contribution is -2.34. The molecule has 1 atom stereocenters. The number of rotatable bonds is 3. The number of hydrogen-bond acceptors (Lipinski definition) is 5. The average molecular weight is 303 g/mol. The van der Waals surface area contributed by atoms with Gasteiger partial charge in [-0.2, -0.15) is 0 Å². The Kier molecular flexibility index (Phi) is 3.41. The highest BCUT2D eigenvalue weighted by Crippen LogP contribution is 2.41. The number of carbonyl (C=O) groups is 2. The normalized spacial score (nSPS) is 25.3. The highest BCUT2D eigenvalue weighted by Gasteiger charge is 2.51. The molecule has 0 radical (unpaired) electrons. The Labute approximate surface area is 127 Å². The summed E-state index contributed by atoms with van der Waals surface area (Å²) in [4.78, 5) is 31.2. The van der Waals surface area contributed by atoms with Crippen molar-refractivity contribution in [2.45, 2.75) is 19.8 Å². The van der Waals surface area contributed by atoms with E-state index in [1.54, 1.807) is 17.4 Å². The molecule has 0 bridgehead atoms. The number of hydrogen-bond donors (Lipinski definition) is 1. The summed E-state index contributed by atoms with van der Waals surface area (Å²) in [6.07, 6.45) is 6.69. The van der Waals surface area contributed by atoms with Gasteiger partial charge in [0.15, 0.2) is 5.13 Å². The van der Waals surface area contributed by atoms with Crippen molar-refractivity contribution in [3.05, 3.63) is 23.2 Å². The number of anilines is 1. The molecule has 2 aliphatic heterocycles. The number of carbonyl (C=O) groups excluding carboxylic acids is 2. The van der Waals surface area contributed by atoms with Crippen LogP contribution in [-0.4, -0.2) is 29.9 Å². The van der Waals surface area contributed by atoms with E-state index >= 15 is 0 Å². The van der Waals surface area contributed by atoms with Crippen LogP contribution in [0.25, 0.3) is 12.2 Å². The Morgan fingerprint density at radius 1 is 1.48 bits per heavy atom. The Morgan fingerprint density at radius 2 is 2.29 bits per heavy atom. The van der Waals surface area contributed by atoms with E-state index in [2.05, 4.69) is 21.8 Å². The zero-order valence-corrected chi connectivity index (χ0v) is 12.7. The molecular weight excluding hydrogens is 286 g/mol. The van der Waals surface area contributed by atoms with E-state index in [1.165, 1.54) is 0 Å². The SMILES string of the molecule is C=Cc1sc(N2CCC3(CC(=O)NC3=O)C2)nc1/C=C\C. The average Bonchev–Trinajstić information content (AvgIpc) is 3.10. The first-order valence-electron chi connectivity index (χ1n) is 6.93. The number of imide groups is 1. The predicted octanol–water partition coefficient (Wildman–Crippen LogP) is 2.06. The highest BCUT2D eigenvalue weighted by molar-refractivity contribution is 7.16. The van der Waals surface area contributed by atoms with E-state index in [0.717, 1.165) is 22.2 Å². The van der Waals surface area contributed by atoms with Gasteiger partial charge in [-0.1, -0.05) is 24.0 Å². The quantitative estimate of drug-likeness (QED) is 0.868. The molecule has 2 fully saturated rings. The Bertz CT molecular complexity index is 649. The summed E-state index contributed by atoms with van der Waals surface area (Å²) in [7, 11) is 0. The van der Waals surface area contributed by atoms with Crippen molar-refractivity contribution in [3.8, 4) is 0 Å². The lowest BCUT2D eigenvalue weighted by Gasteiger charge is -2.19. The van der Waals surface area contributed by atoms with Crippen LogP contribution in [0.3, 0.4) is 0 Å². The first-order valence-corrected chi connectivity index (χ1v) is 7.75. The molecular formula is C15H17N3O2S. The fraction of sp³-hybridized carbons (Fsp3) is 0.400. The van der Waals surface area contributed by atoms with Gasteiger partial charge in [0.25, 0.3) is 0 Å². The van der Waals surface area contributed by atoms with E-state index in [9.17, 15) is 9.59 Å². The Morgan fingerprint density at radius 3 is 2.90 bits per heavy atom. The van der Waals surface area contributed by atoms with Crippen molar-refractivity contribution in [1.82, 2.24) is 10.3 Å². The number of amides is 2. The third kappa shape index (κ3) is 2.29. The summed E-state index contributed by atoms with van der Waals surface area (Å²) in [5.41, 5.74) is 0.345. The fourth-order valence-electron chi connectivity index (χ4n) is 2.95. The van der Waals surface area contributed by atoms with E-state index in [1.807, 2.05) is 19.1 Å². The molecule has 1 N–H and O–H groups in total. The van der Waals surface area contributed by atoms with Gasteiger partial charge in [0.2, 0.25) is 11.8 Å². The number of nitrogens with one attached hydrogen (secondary N) is 1. The van der Waals surface area contributed by atoms with Crippen LogP contribution in [-0.2, 0) is 9.59 Å². The maximum absolute atomic E-state index is 12.0. The lowest BCUT2D eigenvalue weighted by atomic mass is 9.85. The summed E-state index contributed by atoms with van der Waals surface area (Å²) < 4.78 is 0. The maximum atomic E-state index is 12.0. The number of allylic oxidation sites excluding steroid dienone is 1. The van der Waals surface area contributed by atoms with Gasteiger partial charge in [-0.05, 0) is 25.5 Å². The summed E-state index contributed by atoms with van der Waals surface area (Å²) in [6.45, 7) is 7.08. The lowest BCUT2D eigenvalue weighted by molar-refractivity contribution is -0.127. The van der Waals surface area contributed by atoms with Crippen LogP contribution < -0.4 is 10.2 Å². The Hall–Kier alpha value is -1.95. The van der Waals surface area contributed by atoms with Gasteiger partial charge >= 0.3 is 0 Å². The zero-order valence-electron chi connectivity index (χ0n) is 11.9. The van der Waals surface area contributed by atoms with Gasteiger partial charge in [0.1, 0.15) is 0 Å². The minimum absolute atomic E-state index is 0.135. The van der Waals surface area contributed by atoms with Crippen molar-refractivity contribution in [2.24, 2.45) is 5.41 Å². The standard InChI is InChI=1S/C15H17N3O2S/c1-3-5-10-11(4-2)21-14(16-10)18-7-6-15(9-18)8-12(19)17-13(15)20/h3-5H,2,6-9H2,1H3,(H,17,19,20)/b5-3-. The van der Waals surface area contributed by atoms with Gasteiger partial charge in [-0.25, -0.2) is 4.98 Å². The zero-order chi connectivity index (χ0) is 15.0. The van der Waals surface area contributed by atoms with Gasteiger partial charge < -0.3 is 4.90 Å². The van der Waals surface area contributed by atoms with Gasteiger partial charge in [-0.15, -0.1) is 0 Å². The summed E-state index contributed by atoms with van der Waals surface area (Å²) in [5.74, 6) is -0.299. The van der Waals surface area contributed by atoms with Crippen LogP contribution in [0.1, 0.15) is 30.3 Å². The monoisotopic (exact) mass is 303 g/mol. The maximum Gasteiger partial charge on any atom is 0.235 e. The van der Waals surface area contributed by atoms with Crippen molar-refractivity contribution < 1.29 is 9.59 Å².